The third kappa shape index (κ3) is 3.18. The van der Waals surface area contributed by atoms with E-state index in [1.165, 1.54) is 0 Å². The lowest BCUT2D eigenvalue weighted by Gasteiger charge is -2.25. The quantitative estimate of drug-likeness (QED) is 0.242. The summed E-state index contributed by atoms with van der Waals surface area (Å²) in [4.78, 5) is 14.6. The van der Waals surface area contributed by atoms with Gasteiger partial charge in [0, 0.05) is 0 Å². The fourth-order valence-electron chi connectivity index (χ4n) is 0.831. The molecular weight excluding hydrogens is 196 g/mol. The largest absolute Gasteiger partial charge is 0.394 e. The number of rotatable bonds is 6. The number of aliphatic hydroxyl groups is 4. The molecule has 8 nitrogen and oxygen atoms in total. The van der Waals surface area contributed by atoms with Gasteiger partial charge in [-0.1, -0.05) is 0 Å². The van der Waals surface area contributed by atoms with Crippen LogP contribution in [0.2, 0.25) is 0 Å². The first-order valence-corrected chi connectivity index (χ1v) is 3.75. The number of hydrogen-bond acceptors (Lipinski definition) is 7. The average molecular weight is 210 g/mol. The van der Waals surface area contributed by atoms with Crippen LogP contribution in [0.4, 0.5) is 0 Å². The topological polar surface area (TPSA) is 159 Å². The van der Waals surface area contributed by atoms with Gasteiger partial charge in [0.2, 0.25) is 0 Å². The predicted octanol–water partition coefficient (Wildman–Crippen LogP) is -4.19. The first-order chi connectivity index (χ1) is 6.45. The van der Waals surface area contributed by atoms with Crippen molar-refractivity contribution >= 4 is 5.91 Å². The fraction of sp³-hybridized carbons (Fsp3) is 0.833. The average Bonchev–Trinajstić information content (AvgIpc) is 2.15. The van der Waals surface area contributed by atoms with Crippen LogP contribution in [0, 0.1) is 0 Å². The van der Waals surface area contributed by atoms with Crippen molar-refractivity contribution in [3.8, 4) is 0 Å². The molecule has 0 aromatic carbocycles. The Bertz CT molecular complexity index is 189. The summed E-state index contributed by atoms with van der Waals surface area (Å²) in [7, 11) is 0. The van der Waals surface area contributed by atoms with E-state index in [9.17, 15) is 9.90 Å². The van der Waals surface area contributed by atoms with Crippen molar-refractivity contribution in [2.45, 2.75) is 24.4 Å². The Balaban J connectivity index is 4.41. The number of nitrogens with two attached hydrogens (primary N) is 2. The zero-order valence-corrected chi connectivity index (χ0v) is 7.28. The second-order valence-electron chi connectivity index (χ2n) is 2.69. The van der Waals surface area contributed by atoms with Crippen LogP contribution in [0.5, 0.6) is 0 Å². The SMILES string of the molecule is NO[C@@H](C(N)=O)[C@@H](O)[C@H](O)[C@H](O)CO. The van der Waals surface area contributed by atoms with Crippen molar-refractivity contribution in [2.24, 2.45) is 11.6 Å². The molecule has 4 atom stereocenters. The van der Waals surface area contributed by atoms with Crippen molar-refractivity contribution in [1.29, 1.82) is 0 Å². The number of amides is 1. The highest BCUT2D eigenvalue weighted by molar-refractivity contribution is 5.79. The molecule has 84 valence electrons. The second-order valence-corrected chi connectivity index (χ2v) is 2.69. The monoisotopic (exact) mass is 210 g/mol. The minimum atomic E-state index is -1.81. The summed E-state index contributed by atoms with van der Waals surface area (Å²) in [6.07, 6.45) is -6.84. The highest BCUT2D eigenvalue weighted by Crippen LogP contribution is 2.06. The van der Waals surface area contributed by atoms with E-state index in [4.69, 9.17) is 21.1 Å². The van der Waals surface area contributed by atoms with Gasteiger partial charge < -0.3 is 26.2 Å². The highest BCUT2D eigenvalue weighted by atomic mass is 16.6. The predicted molar refractivity (Wildman–Crippen MR) is 43.4 cm³/mol. The Kier molecular flexibility index (Phi) is 5.53. The molecule has 0 fully saturated rings. The zero-order valence-electron chi connectivity index (χ0n) is 7.28. The van der Waals surface area contributed by atoms with E-state index in [2.05, 4.69) is 10.7 Å². The molecule has 0 saturated heterocycles. The fourth-order valence-corrected chi connectivity index (χ4v) is 0.831. The molecule has 0 aliphatic rings. The van der Waals surface area contributed by atoms with Gasteiger partial charge in [0.05, 0.1) is 6.61 Å². The number of hydrogen-bond donors (Lipinski definition) is 6. The van der Waals surface area contributed by atoms with Crippen molar-refractivity contribution in [3.63, 3.8) is 0 Å². The lowest BCUT2D eigenvalue weighted by molar-refractivity contribution is -0.155. The lowest BCUT2D eigenvalue weighted by atomic mass is 10.0. The first-order valence-electron chi connectivity index (χ1n) is 3.75. The summed E-state index contributed by atoms with van der Waals surface area (Å²) in [6, 6.07) is 0. The molecule has 0 unspecified atom stereocenters. The third-order valence-corrected chi connectivity index (χ3v) is 1.67. The van der Waals surface area contributed by atoms with Gasteiger partial charge in [-0.15, -0.1) is 0 Å². The van der Waals surface area contributed by atoms with E-state index in [1.54, 1.807) is 0 Å². The Morgan fingerprint density at radius 1 is 1.29 bits per heavy atom. The van der Waals surface area contributed by atoms with E-state index < -0.39 is 36.9 Å². The third-order valence-electron chi connectivity index (χ3n) is 1.67. The Hall–Kier alpha value is -0.770. The molecule has 0 saturated carbocycles. The van der Waals surface area contributed by atoms with Crippen LogP contribution in [0.15, 0.2) is 0 Å². The Labute approximate surface area is 79.6 Å². The molecule has 0 aliphatic carbocycles. The maximum Gasteiger partial charge on any atom is 0.251 e. The summed E-state index contributed by atoms with van der Waals surface area (Å²) in [5, 5.41) is 35.7. The van der Waals surface area contributed by atoms with Crippen molar-refractivity contribution in [1.82, 2.24) is 0 Å². The van der Waals surface area contributed by atoms with Crippen LogP contribution in [-0.4, -0.2) is 57.4 Å². The molecule has 0 spiro atoms. The smallest absolute Gasteiger partial charge is 0.251 e. The summed E-state index contributed by atoms with van der Waals surface area (Å²) in [6.45, 7) is -0.783. The van der Waals surface area contributed by atoms with Gasteiger partial charge in [-0.2, -0.15) is 0 Å². The molecule has 0 bridgehead atoms. The van der Waals surface area contributed by atoms with Crippen LogP contribution in [0.3, 0.4) is 0 Å². The van der Waals surface area contributed by atoms with E-state index in [0.29, 0.717) is 0 Å². The van der Waals surface area contributed by atoms with Gasteiger partial charge in [-0.3, -0.25) is 9.63 Å². The van der Waals surface area contributed by atoms with Crippen LogP contribution >= 0.6 is 0 Å². The molecule has 8 N–H and O–H groups in total. The molecule has 0 heterocycles. The molecule has 1 amide bonds. The molecule has 0 radical (unpaired) electrons. The molecular formula is C6H14N2O6. The van der Waals surface area contributed by atoms with Crippen LogP contribution in [-0.2, 0) is 9.63 Å². The second kappa shape index (κ2) is 5.86. The van der Waals surface area contributed by atoms with Crippen LogP contribution in [0.1, 0.15) is 0 Å². The summed E-state index contributed by atoms with van der Waals surface area (Å²) >= 11 is 0. The van der Waals surface area contributed by atoms with E-state index in [-0.39, 0.29) is 0 Å². The molecule has 0 aliphatic heterocycles. The highest BCUT2D eigenvalue weighted by Gasteiger charge is 2.34. The summed E-state index contributed by atoms with van der Waals surface area (Å²) < 4.78 is 0. The minimum Gasteiger partial charge on any atom is -0.394 e. The van der Waals surface area contributed by atoms with Gasteiger partial charge in [0.25, 0.3) is 5.91 Å². The Morgan fingerprint density at radius 2 is 1.79 bits per heavy atom. The van der Waals surface area contributed by atoms with Crippen molar-refractivity contribution in [2.75, 3.05) is 6.61 Å². The zero-order chi connectivity index (χ0) is 11.3. The molecule has 8 heteroatoms. The number of primary amides is 1. The number of carbonyl (C=O) groups excluding carboxylic acids is 1. The Morgan fingerprint density at radius 3 is 2.07 bits per heavy atom. The van der Waals surface area contributed by atoms with Crippen LogP contribution in [0.25, 0.3) is 0 Å². The molecule has 14 heavy (non-hydrogen) atoms. The van der Waals surface area contributed by atoms with Crippen LogP contribution < -0.4 is 11.6 Å². The van der Waals surface area contributed by atoms with Crippen molar-refractivity contribution < 1.29 is 30.1 Å². The summed E-state index contributed by atoms with van der Waals surface area (Å²) in [5.41, 5.74) is 4.77. The van der Waals surface area contributed by atoms with Gasteiger partial charge in [-0.25, -0.2) is 5.90 Å². The standard InChI is InChI=1S/C6H14N2O6/c7-6(13)5(14-8)4(12)3(11)2(10)1-9/h2-5,9-12H,1,8H2,(H2,7,13)/t2-,3-,4+,5-/m1/s1. The van der Waals surface area contributed by atoms with E-state index in [1.807, 2.05) is 0 Å². The molecule has 0 rings (SSSR count). The van der Waals surface area contributed by atoms with E-state index in [0.717, 1.165) is 0 Å². The molecule has 0 aromatic heterocycles. The molecule has 0 aromatic rings. The summed E-state index contributed by atoms with van der Waals surface area (Å²) in [5.74, 6) is 3.54. The lowest BCUT2D eigenvalue weighted by Crippen LogP contribution is -2.52. The maximum atomic E-state index is 10.6. The van der Waals surface area contributed by atoms with Gasteiger partial charge in [-0.05, 0) is 0 Å². The van der Waals surface area contributed by atoms with Gasteiger partial charge in [0.15, 0.2) is 6.10 Å². The normalized spacial score (nSPS) is 19.8. The number of carbonyl (C=O) groups is 1. The minimum absolute atomic E-state index is 0.783. The van der Waals surface area contributed by atoms with Gasteiger partial charge in [0.1, 0.15) is 18.3 Å². The van der Waals surface area contributed by atoms with Gasteiger partial charge >= 0.3 is 0 Å². The van der Waals surface area contributed by atoms with E-state index >= 15 is 0 Å². The number of aliphatic hydroxyl groups excluding tert-OH is 4. The maximum absolute atomic E-state index is 10.6. The first kappa shape index (κ1) is 13.2. The van der Waals surface area contributed by atoms with Crippen molar-refractivity contribution in [3.05, 3.63) is 0 Å².